The van der Waals surface area contributed by atoms with Crippen LogP contribution >= 0.6 is 11.7 Å². The van der Waals surface area contributed by atoms with Crippen LogP contribution in [0.3, 0.4) is 0 Å². The van der Waals surface area contributed by atoms with Crippen LogP contribution in [0.15, 0.2) is 24.3 Å². The second kappa shape index (κ2) is 4.64. The molecule has 0 aliphatic carbocycles. The second-order valence-electron chi connectivity index (χ2n) is 2.88. The molecule has 0 saturated carbocycles. The Morgan fingerprint density at radius 3 is 2.06 bits per heavy atom. The molecule has 8 heteroatoms. The summed E-state index contributed by atoms with van der Waals surface area (Å²) < 4.78 is 61.7. The second-order valence-corrected chi connectivity index (χ2v) is 5.32. The van der Waals surface area contributed by atoms with E-state index in [4.69, 9.17) is 0 Å². The number of benzene rings is 1. The molecule has 0 saturated heterocycles. The zero-order chi connectivity index (χ0) is 12.4. The third-order valence-corrected chi connectivity index (χ3v) is 2.39. The van der Waals surface area contributed by atoms with Crippen LogP contribution in [0, 0.1) is 0 Å². The highest BCUT2D eigenvalue weighted by atomic mass is 33.1. The van der Waals surface area contributed by atoms with Crippen LogP contribution < -0.4 is 0 Å². The number of alkyl halides is 3. The quantitative estimate of drug-likeness (QED) is 0.678. The van der Waals surface area contributed by atoms with E-state index in [1.54, 1.807) is 0 Å². The molecule has 1 rings (SSSR count). The molecule has 0 atom stereocenters. The predicted molar refractivity (Wildman–Crippen MR) is 54.1 cm³/mol. The van der Waals surface area contributed by atoms with E-state index in [1.807, 2.05) is 0 Å². The third-order valence-electron chi connectivity index (χ3n) is 1.66. The Balaban J connectivity index is 2.73. The third kappa shape index (κ3) is 4.42. The van der Waals surface area contributed by atoms with Crippen molar-refractivity contribution in [1.82, 2.24) is 0 Å². The van der Waals surface area contributed by atoms with Crippen LogP contribution in [0.2, 0.25) is 0 Å². The fourth-order valence-electron chi connectivity index (χ4n) is 0.932. The summed E-state index contributed by atoms with van der Waals surface area (Å²) >= 11 is 3.12. The van der Waals surface area contributed by atoms with Gasteiger partial charge >= 0.3 is 15.3 Å². The maximum absolute atomic E-state index is 12.2. The Bertz CT molecular complexity index is 450. The van der Waals surface area contributed by atoms with Gasteiger partial charge in [0.2, 0.25) is 0 Å². The monoisotopic (exact) mass is 272 g/mol. The fourth-order valence-corrected chi connectivity index (χ4v) is 1.38. The molecule has 0 N–H and O–H groups in total. The average Bonchev–Trinajstić information content (AvgIpc) is 2.13. The molecule has 0 bridgehead atoms. The van der Waals surface area contributed by atoms with Crippen LogP contribution in [0.5, 0.6) is 0 Å². The molecule has 0 aliphatic rings. The first-order valence-corrected chi connectivity index (χ1v) is 6.42. The van der Waals surface area contributed by atoms with Crippen molar-refractivity contribution in [3.8, 4) is 0 Å². The molecule has 1 aromatic carbocycles. The standard InChI is InChI=1S/C8H7F3O3S2/c9-8(10,11)7-3-1-6(2-4-7)5-14-16(12,13)15/h1-4H,5H2,(H,12,13,15). The summed E-state index contributed by atoms with van der Waals surface area (Å²) in [5, 5.41) is 0. The Labute approximate surface area is 95.2 Å². The molecule has 0 spiro atoms. The highest BCUT2D eigenvalue weighted by Gasteiger charge is 2.29. The Morgan fingerprint density at radius 2 is 1.69 bits per heavy atom. The van der Waals surface area contributed by atoms with Crippen LogP contribution in [0.4, 0.5) is 13.2 Å². The Kier molecular flexibility index (Phi) is 3.87. The van der Waals surface area contributed by atoms with Gasteiger partial charge in [0.25, 0.3) is 0 Å². The van der Waals surface area contributed by atoms with Gasteiger partial charge in [0.15, 0.2) is 0 Å². The molecule has 0 heterocycles. The SMILES string of the molecule is O=S(=O)(S)OCc1ccc(C(F)(F)F)cc1. The van der Waals surface area contributed by atoms with Crippen molar-refractivity contribution < 1.29 is 25.8 Å². The van der Waals surface area contributed by atoms with Crippen molar-refractivity contribution in [3.63, 3.8) is 0 Å². The van der Waals surface area contributed by atoms with Gasteiger partial charge in [-0.3, -0.25) is 4.18 Å². The van der Waals surface area contributed by atoms with E-state index >= 15 is 0 Å². The van der Waals surface area contributed by atoms with Gasteiger partial charge < -0.3 is 0 Å². The van der Waals surface area contributed by atoms with E-state index in [9.17, 15) is 21.6 Å². The maximum atomic E-state index is 12.2. The Morgan fingerprint density at radius 1 is 1.19 bits per heavy atom. The molecule has 0 fully saturated rings. The lowest BCUT2D eigenvalue weighted by Crippen LogP contribution is -2.05. The van der Waals surface area contributed by atoms with E-state index in [-0.39, 0.29) is 6.61 Å². The first-order valence-electron chi connectivity index (χ1n) is 3.96. The lowest BCUT2D eigenvalue weighted by atomic mass is 10.1. The van der Waals surface area contributed by atoms with Crippen molar-refractivity contribution in [2.75, 3.05) is 0 Å². The number of thiol groups is 1. The Hall–Kier alpha value is -0.730. The lowest BCUT2D eigenvalue weighted by molar-refractivity contribution is -0.137. The summed E-state index contributed by atoms with van der Waals surface area (Å²) in [5.74, 6) is 0. The molecule has 16 heavy (non-hydrogen) atoms. The van der Waals surface area contributed by atoms with Gasteiger partial charge in [0.1, 0.15) is 0 Å². The zero-order valence-electron chi connectivity index (χ0n) is 7.73. The zero-order valence-corrected chi connectivity index (χ0v) is 9.44. The smallest absolute Gasteiger partial charge is 0.257 e. The van der Waals surface area contributed by atoms with Crippen LogP contribution in [0.25, 0.3) is 0 Å². The summed E-state index contributed by atoms with van der Waals surface area (Å²) in [6, 6.07) is 3.98. The van der Waals surface area contributed by atoms with Crippen molar-refractivity contribution in [3.05, 3.63) is 35.4 Å². The summed E-state index contributed by atoms with van der Waals surface area (Å²) in [4.78, 5) is 0. The van der Waals surface area contributed by atoms with Crippen molar-refractivity contribution in [2.45, 2.75) is 12.8 Å². The summed E-state index contributed by atoms with van der Waals surface area (Å²) in [5.41, 5.74) is -0.490. The van der Waals surface area contributed by atoms with E-state index in [2.05, 4.69) is 15.8 Å². The van der Waals surface area contributed by atoms with Crippen molar-refractivity contribution >= 4 is 20.8 Å². The molecule has 0 aromatic heterocycles. The number of rotatable bonds is 3. The molecule has 1 aromatic rings. The minimum absolute atomic E-state index is 0.311. The van der Waals surface area contributed by atoms with E-state index in [0.717, 1.165) is 24.3 Å². The van der Waals surface area contributed by atoms with Gasteiger partial charge in [0, 0.05) is 0 Å². The van der Waals surface area contributed by atoms with Gasteiger partial charge in [-0.25, -0.2) is 0 Å². The minimum Gasteiger partial charge on any atom is -0.257 e. The molecule has 3 nitrogen and oxygen atoms in total. The van der Waals surface area contributed by atoms with Gasteiger partial charge in [-0.1, -0.05) is 12.1 Å². The van der Waals surface area contributed by atoms with Crippen LogP contribution in [-0.4, -0.2) is 8.42 Å². The van der Waals surface area contributed by atoms with Crippen LogP contribution in [-0.2, 0) is 26.1 Å². The molecule has 0 radical (unpaired) electrons. The number of hydrogen-bond acceptors (Lipinski definition) is 3. The summed E-state index contributed by atoms with van der Waals surface area (Å²) in [6.45, 7) is -0.343. The average molecular weight is 272 g/mol. The molecular weight excluding hydrogens is 265 g/mol. The van der Waals surface area contributed by atoms with E-state index < -0.39 is 20.9 Å². The normalized spacial score (nSPS) is 12.8. The molecule has 90 valence electrons. The fraction of sp³-hybridized carbons (Fsp3) is 0.250. The van der Waals surface area contributed by atoms with Gasteiger partial charge in [-0.15, -0.1) is 0 Å². The first-order chi connectivity index (χ1) is 7.18. The lowest BCUT2D eigenvalue weighted by Gasteiger charge is -2.07. The topological polar surface area (TPSA) is 43.4 Å². The molecule has 0 unspecified atom stereocenters. The van der Waals surface area contributed by atoms with Gasteiger partial charge in [0.05, 0.1) is 12.2 Å². The van der Waals surface area contributed by atoms with E-state index in [1.165, 1.54) is 0 Å². The molecular formula is C8H7F3O3S2. The largest absolute Gasteiger partial charge is 0.416 e. The maximum Gasteiger partial charge on any atom is 0.416 e. The van der Waals surface area contributed by atoms with Gasteiger partial charge in [-0.2, -0.15) is 21.6 Å². The number of halogens is 3. The predicted octanol–water partition coefficient (Wildman–Crippen LogP) is 2.40. The van der Waals surface area contributed by atoms with E-state index in [0.29, 0.717) is 5.56 Å². The summed E-state index contributed by atoms with van der Waals surface area (Å²) in [7, 11) is -3.89. The van der Waals surface area contributed by atoms with Crippen LogP contribution in [0.1, 0.15) is 11.1 Å². The molecule has 0 amide bonds. The highest BCUT2D eigenvalue weighted by molar-refractivity contribution is 8.61. The minimum atomic E-state index is -4.41. The molecule has 0 aliphatic heterocycles. The first kappa shape index (κ1) is 13.3. The van der Waals surface area contributed by atoms with Crippen molar-refractivity contribution in [1.29, 1.82) is 0 Å². The van der Waals surface area contributed by atoms with Crippen molar-refractivity contribution in [2.24, 2.45) is 0 Å². The van der Waals surface area contributed by atoms with Gasteiger partial charge in [-0.05, 0) is 29.4 Å². The summed E-state index contributed by atoms with van der Waals surface area (Å²) in [6.07, 6.45) is -4.41. The number of hydrogen-bond donors (Lipinski definition) is 1. The highest BCUT2D eigenvalue weighted by Crippen LogP contribution is 2.29.